The van der Waals surface area contributed by atoms with Gasteiger partial charge in [0.2, 0.25) is 11.8 Å². The molecule has 1 aromatic carbocycles. The number of ether oxygens (including phenoxy) is 1. The van der Waals surface area contributed by atoms with Gasteiger partial charge in [0, 0.05) is 0 Å². The molecule has 0 amide bonds. The van der Waals surface area contributed by atoms with E-state index in [0.717, 1.165) is 23.1 Å². The molecule has 0 N–H and O–H groups in total. The van der Waals surface area contributed by atoms with Gasteiger partial charge in [0.05, 0.1) is 17.3 Å². The first-order chi connectivity index (χ1) is 10.4. The molecule has 0 unspecified atom stereocenters. The van der Waals surface area contributed by atoms with Crippen molar-refractivity contribution in [1.29, 1.82) is 0 Å². The van der Waals surface area contributed by atoms with Crippen LogP contribution < -0.4 is 4.74 Å². The third kappa shape index (κ3) is 2.47. The lowest BCUT2D eigenvalue weighted by atomic mass is 10.3. The number of aromatic nitrogens is 3. The first-order valence-corrected chi connectivity index (χ1v) is 6.76. The number of nitrogens with zero attached hydrogens (tertiary/aromatic N) is 3. The van der Waals surface area contributed by atoms with Crippen LogP contribution in [0.2, 0.25) is 0 Å². The highest BCUT2D eigenvalue weighted by atomic mass is 32.1. The molecule has 0 saturated carbocycles. The zero-order valence-corrected chi connectivity index (χ0v) is 11.8. The average molecular weight is 329 g/mol. The fourth-order valence-corrected chi connectivity index (χ4v) is 2.76. The highest BCUT2D eigenvalue weighted by molar-refractivity contribution is 7.21. The Labute approximate surface area is 125 Å². The quantitative estimate of drug-likeness (QED) is 0.528. The van der Waals surface area contributed by atoms with E-state index in [4.69, 9.17) is 0 Å². The van der Waals surface area contributed by atoms with E-state index in [1.807, 2.05) is 0 Å². The highest BCUT2D eigenvalue weighted by Gasteiger charge is 2.40. The van der Waals surface area contributed by atoms with Crippen molar-refractivity contribution in [2.24, 2.45) is 0 Å². The van der Waals surface area contributed by atoms with Gasteiger partial charge < -0.3 is 4.74 Å². The summed E-state index contributed by atoms with van der Waals surface area (Å²) in [4.78, 5) is 11.1. The fraction of sp³-hybridized carbons (Fsp3) is 0.154. The van der Waals surface area contributed by atoms with E-state index >= 15 is 0 Å². The topological polar surface area (TPSA) is 47.9 Å². The largest absolute Gasteiger partial charge is 0.480 e. The lowest BCUT2D eigenvalue weighted by Gasteiger charge is -2.11. The van der Waals surface area contributed by atoms with Gasteiger partial charge in [0.25, 0.3) is 0 Å². The van der Waals surface area contributed by atoms with Gasteiger partial charge in [-0.2, -0.15) is 27.5 Å². The molecular formula is C13H7F4N3OS. The summed E-state index contributed by atoms with van der Waals surface area (Å²) in [5, 5.41) is 0.215. The average Bonchev–Trinajstić information content (AvgIpc) is 2.88. The van der Waals surface area contributed by atoms with Gasteiger partial charge in [-0.3, -0.25) is 0 Å². The van der Waals surface area contributed by atoms with Crippen LogP contribution >= 0.6 is 11.3 Å². The van der Waals surface area contributed by atoms with Crippen molar-refractivity contribution in [3.8, 4) is 16.7 Å². The number of fused-ring (bicyclic) bond motifs is 1. The van der Waals surface area contributed by atoms with E-state index in [2.05, 4.69) is 19.7 Å². The molecule has 0 bridgehead atoms. The molecule has 4 nitrogen and oxygen atoms in total. The van der Waals surface area contributed by atoms with E-state index in [9.17, 15) is 17.6 Å². The Kier molecular flexibility index (Phi) is 3.44. The predicted octanol–water partition coefficient (Wildman–Crippen LogP) is 3.92. The maximum atomic E-state index is 13.8. The molecule has 0 aliphatic heterocycles. The molecule has 0 atom stereocenters. The third-order valence-corrected chi connectivity index (χ3v) is 3.83. The zero-order chi connectivity index (χ0) is 15.9. The van der Waals surface area contributed by atoms with Crippen LogP contribution in [-0.2, 0) is 6.18 Å². The molecule has 0 spiro atoms. The van der Waals surface area contributed by atoms with Gasteiger partial charge >= 0.3 is 6.18 Å². The molecule has 0 fully saturated rings. The molecule has 22 heavy (non-hydrogen) atoms. The SMILES string of the molecule is COc1nc(-c2nc3ccccc3s2)nc(F)c1C(F)(F)F. The zero-order valence-electron chi connectivity index (χ0n) is 11.0. The van der Waals surface area contributed by atoms with Crippen molar-refractivity contribution < 1.29 is 22.3 Å². The second kappa shape index (κ2) is 5.16. The Balaban J connectivity index is 2.18. The normalized spacial score (nSPS) is 11.9. The van der Waals surface area contributed by atoms with E-state index in [1.165, 1.54) is 0 Å². The van der Waals surface area contributed by atoms with Crippen LogP contribution in [0.1, 0.15) is 5.56 Å². The summed E-state index contributed by atoms with van der Waals surface area (Å²) in [6.07, 6.45) is -4.94. The molecule has 3 aromatic rings. The molecule has 3 rings (SSSR count). The van der Waals surface area contributed by atoms with Crippen LogP contribution in [0.3, 0.4) is 0 Å². The van der Waals surface area contributed by atoms with Crippen molar-refractivity contribution >= 4 is 21.6 Å². The highest BCUT2D eigenvalue weighted by Crippen LogP contribution is 2.38. The number of hydrogen-bond donors (Lipinski definition) is 0. The summed E-state index contributed by atoms with van der Waals surface area (Å²) in [6, 6.07) is 7.07. The van der Waals surface area contributed by atoms with Gasteiger partial charge in [0.1, 0.15) is 0 Å². The molecule has 2 heterocycles. The monoisotopic (exact) mass is 329 g/mol. The summed E-state index contributed by atoms with van der Waals surface area (Å²) in [5.74, 6) is -2.80. The summed E-state index contributed by atoms with van der Waals surface area (Å²) < 4.78 is 57.5. The molecule has 9 heteroatoms. The number of benzene rings is 1. The van der Waals surface area contributed by atoms with Crippen LogP contribution in [0.25, 0.3) is 21.0 Å². The number of para-hydroxylation sites is 1. The van der Waals surface area contributed by atoms with Crippen molar-refractivity contribution in [2.75, 3.05) is 7.11 Å². The first kappa shape index (κ1) is 14.6. The molecule has 0 aliphatic rings. The molecular weight excluding hydrogens is 322 g/mol. The summed E-state index contributed by atoms with van der Waals surface area (Å²) in [5.41, 5.74) is -0.995. The summed E-state index contributed by atoms with van der Waals surface area (Å²) >= 11 is 1.15. The molecule has 0 aliphatic carbocycles. The van der Waals surface area contributed by atoms with Crippen molar-refractivity contribution in [2.45, 2.75) is 6.18 Å². The Bertz CT molecular complexity index is 814. The molecule has 114 valence electrons. The number of thiazole rings is 1. The summed E-state index contributed by atoms with van der Waals surface area (Å²) in [6.45, 7) is 0. The van der Waals surface area contributed by atoms with Crippen LogP contribution in [-0.4, -0.2) is 22.1 Å². The maximum Gasteiger partial charge on any atom is 0.426 e. The number of methoxy groups -OCH3 is 1. The fourth-order valence-electron chi connectivity index (χ4n) is 1.86. The number of alkyl halides is 3. The smallest absolute Gasteiger partial charge is 0.426 e. The number of hydrogen-bond acceptors (Lipinski definition) is 5. The molecule has 2 aromatic heterocycles. The molecule has 0 radical (unpaired) electrons. The van der Waals surface area contributed by atoms with Crippen molar-refractivity contribution in [1.82, 2.24) is 15.0 Å². The van der Waals surface area contributed by atoms with Crippen molar-refractivity contribution in [3.63, 3.8) is 0 Å². The van der Waals surface area contributed by atoms with Crippen molar-refractivity contribution in [3.05, 3.63) is 35.8 Å². The van der Waals surface area contributed by atoms with E-state index in [1.54, 1.807) is 24.3 Å². The minimum absolute atomic E-state index is 0.215. The maximum absolute atomic E-state index is 13.8. The van der Waals surface area contributed by atoms with Crippen LogP contribution in [0, 0.1) is 5.95 Å². The van der Waals surface area contributed by atoms with Crippen LogP contribution in [0.5, 0.6) is 5.88 Å². The standard InChI is InChI=1S/C13H7F4N3OS/c1-21-11-8(13(15,16)17)9(14)19-10(20-11)12-18-6-4-2-3-5-7(6)22-12/h2-5H,1H3. The van der Waals surface area contributed by atoms with Gasteiger partial charge in [-0.05, 0) is 12.1 Å². The number of halogens is 4. The molecule has 0 saturated heterocycles. The van der Waals surface area contributed by atoms with Crippen LogP contribution in [0.15, 0.2) is 24.3 Å². The first-order valence-electron chi connectivity index (χ1n) is 5.95. The minimum Gasteiger partial charge on any atom is -0.480 e. The Hall–Kier alpha value is -2.29. The van der Waals surface area contributed by atoms with Gasteiger partial charge in [-0.1, -0.05) is 12.1 Å². The Morgan fingerprint density at radius 2 is 1.82 bits per heavy atom. The van der Waals surface area contributed by atoms with Gasteiger partial charge in [0.15, 0.2) is 16.4 Å². The van der Waals surface area contributed by atoms with E-state index in [-0.39, 0.29) is 10.8 Å². The van der Waals surface area contributed by atoms with Gasteiger partial charge in [-0.25, -0.2) is 4.98 Å². The minimum atomic E-state index is -4.94. The van der Waals surface area contributed by atoms with E-state index < -0.39 is 23.6 Å². The Morgan fingerprint density at radius 3 is 2.45 bits per heavy atom. The number of rotatable bonds is 2. The lowest BCUT2D eigenvalue weighted by Crippen LogP contribution is -2.14. The summed E-state index contributed by atoms with van der Waals surface area (Å²) in [7, 11) is 0.985. The lowest BCUT2D eigenvalue weighted by molar-refractivity contribution is -0.142. The predicted molar refractivity (Wildman–Crippen MR) is 72.2 cm³/mol. The second-order valence-corrected chi connectivity index (χ2v) is 5.24. The van der Waals surface area contributed by atoms with Crippen LogP contribution in [0.4, 0.5) is 17.6 Å². The third-order valence-electron chi connectivity index (χ3n) is 2.79. The van der Waals surface area contributed by atoms with Gasteiger partial charge in [-0.15, -0.1) is 11.3 Å². The second-order valence-electron chi connectivity index (χ2n) is 4.21. The van der Waals surface area contributed by atoms with E-state index in [0.29, 0.717) is 5.52 Å². The Morgan fingerprint density at radius 1 is 1.09 bits per heavy atom.